The molecule has 0 amide bonds. The van der Waals surface area contributed by atoms with Gasteiger partial charge in [0.2, 0.25) is 0 Å². The van der Waals surface area contributed by atoms with E-state index in [2.05, 4.69) is 4.98 Å². The van der Waals surface area contributed by atoms with Crippen molar-refractivity contribution in [3.8, 4) is 0 Å². The summed E-state index contributed by atoms with van der Waals surface area (Å²) in [5, 5.41) is 8.64. The molecule has 0 fully saturated rings. The number of hydrogen-bond acceptors (Lipinski definition) is 4. The highest BCUT2D eigenvalue weighted by Gasteiger charge is 2.47. The Hall–Kier alpha value is -1.55. The minimum atomic E-state index is -5.27. The van der Waals surface area contributed by atoms with Crippen LogP contribution in [0.4, 0.5) is 31.5 Å². The van der Waals surface area contributed by atoms with E-state index in [4.69, 9.17) is 10.8 Å². The first-order chi connectivity index (χ1) is 9.05. The van der Waals surface area contributed by atoms with E-state index in [9.17, 15) is 26.3 Å². The quantitative estimate of drug-likeness (QED) is 0.793. The molecule has 20 heavy (non-hydrogen) atoms. The molecule has 0 aliphatic heterocycles. The molecule has 10 heteroatoms. The molecular weight excluding hydrogens is 310 g/mol. The molecule has 1 heterocycles. The number of nitrogen functional groups attached to an aromatic ring is 1. The molecule has 0 saturated heterocycles. The van der Waals surface area contributed by atoms with Gasteiger partial charge in [-0.1, -0.05) is 11.3 Å². The number of nitrogens with two attached hydrogens (primary N) is 1. The van der Waals surface area contributed by atoms with Crippen LogP contribution < -0.4 is 5.73 Å². The lowest BCUT2D eigenvalue weighted by atomic mass is 9.99. The van der Waals surface area contributed by atoms with Crippen LogP contribution in [-0.2, 0) is 19.0 Å². The van der Waals surface area contributed by atoms with Gasteiger partial charge in [-0.25, -0.2) is 4.98 Å². The number of benzene rings is 1. The lowest BCUT2D eigenvalue weighted by Crippen LogP contribution is -2.19. The maximum atomic E-state index is 13.0. The highest BCUT2D eigenvalue weighted by atomic mass is 32.1. The van der Waals surface area contributed by atoms with E-state index in [1.165, 1.54) is 0 Å². The minimum absolute atomic E-state index is 0.160. The van der Waals surface area contributed by atoms with Crippen molar-refractivity contribution in [2.75, 3.05) is 5.73 Å². The Morgan fingerprint density at radius 2 is 1.65 bits per heavy atom. The number of nitrogens with zero attached hydrogens (tertiary/aromatic N) is 1. The van der Waals surface area contributed by atoms with Crippen molar-refractivity contribution >= 4 is 26.7 Å². The van der Waals surface area contributed by atoms with Crippen LogP contribution in [0, 0.1) is 0 Å². The van der Waals surface area contributed by atoms with E-state index >= 15 is 0 Å². The highest BCUT2D eigenvalue weighted by molar-refractivity contribution is 7.22. The Bertz CT molecular complexity index is 660. The Morgan fingerprint density at radius 1 is 1.10 bits per heavy atom. The van der Waals surface area contributed by atoms with Crippen LogP contribution in [0.15, 0.2) is 6.07 Å². The number of anilines is 1. The number of aromatic nitrogens is 1. The SMILES string of the molecule is Nc1nc2c(C(F)(F)F)c(C(F)(F)F)c(CO)cc2s1. The second-order valence-corrected chi connectivity index (χ2v) is 4.90. The van der Waals surface area contributed by atoms with Gasteiger partial charge in [0.25, 0.3) is 0 Å². The Balaban J connectivity index is 3.00. The molecule has 0 aliphatic rings. The van der Waals surface area contributed by atoms with Gasteiger partial charge >= 0.3 is 12.4 Å². The molecule has 0 spiro atoms. The van der Waals surface area contributed by atoms with Gasteiger partial charge < -0.3 is 10.8 Å². The minimum Gasteiger partial charge on any atom is -0.392 e. The van der Waals surface area contributed by atoms with Crippen LogP contribution in [0.2, 0.25) is 0 Å². The normalized spacial score (nSPS) is 13.2. The van der Waals surface area contributed by atoms with Crippen LogP contribution in [0.1, 0.15) is 16.7 Å². The topological polar surface area (TPSA) is 59.1 Å². The zero-order valence-corrected chi connectivity index (χ0v) is 10.2. The fraction of sp³-hybridized carbons (Fsp3) is 0.300. The molecule has 0 bridgehead atoms. The Labute approximate surface area is 111 Å². The first-order valence-electron chi connectivity index (χ1n) is 5.03. The number of hydrogen-bond donors (Lipinski definition) is 2. The number of fused-ring (bicyclic) bond motifs is 1. The summed E-state index contributed by atoms with van der Waals surface area (Å²) < 4.78 is 77.5. The molecular formula is C10H6F6N2OS. The molecule has 1 aromatic heterocycles. The van der Waals surface area contributed by atoms with Gasteiger partial charge in [-0.2, -0.15) is 26.3 Å². The van der Waals surface area contributed by atoms with Crippen LogP contribution in [0.25, 0.3) is 10.2 Å². The lowest BCUT2D eigenvalue weighted by Gasteiger charge is -2.18. The number of thiazole rings is 1. The molecule has 0 saturated carbocycles. The number of aliphatic hydroxyl groups excluding tert-OH is 1. The molecule has 2 rings (SSSR count). The van der Waals surface area contributed by atoms with Crippen molar-refractivity contribution < 1.29 is 31.4 Å². The highest BCUT2D eigenvalue weighted by Crippen LogP contribution is 2.46. The molecule has 0 aliphatic carbocycles. The summed E-state index contributed by atoms with van der Waals surface area (Å²) in [6, 6.07) is 0.821. The van der Waals surface area contributed by atoms with Crippen LogP contribution in [0.5, 0.6) is 0 Å². The number of aliphatic hydroxyl groups is 1. The largest absolute Gasteiger partial charge is 0.419 e. The maximum absolute atomic E-state index is 13.0. The fourth-order valence-corrected chi connectivity index (χ4v) is 2.67. The second-order valence-electron chi connectivity index (χ2n) is 3.84. The summed E-state index contributed by atoms with van der Waals surface area (Å²) in [4.78, 5) is 3.32. The lowest BCUT2D eigenvalue weighted by molar-refractivity contribution is -0.161. The summed E-state index contributed by atoms with van der Waals surface area (Å²) in [6.07, 6.45) is -10.5. The van der Waals surface area contributed by atoms with Gasteiger partial charge in [0.15, 0.2) is 5.13 Å². The third-order valence-corrected chi connectivity index (χ3v) is 3.35. The van der Waals surface area contributed by atoms with Crippen LogP contribution >= 0.6 is 11.3 Å². The predicted octanol–water partition coefficient (Wildman–Crippen LogP) is 3.41. The molecule has 0 unspecified atom stereocenters. The van der Waals surface area contributed by atoms with E-state index in [0.717, 1.165) is 6.07 Å². The summed E-state index contributed by atoms with van der Waals surface area (Å²) in [5.74, 6) is 0. The average molecular weight is 316 g/mol. The first-order valence-corrected chi connectivity index (χ1v) is 5.84. The molecule has 110 valence electrons. The number of rotatable bonds is 1. The number of alkyl halides is 6. The predicted molar refractivity (Wildman–Crippen MR) is 60.0 cm³/mol. The monoisotopic (exact) mass is 316 g/mol. The first kappa shape index (κ1) is 14.9. The van der Waals surface area contributed by atoms with Crippen molar-refractivity contribution in [3.05, 3.63) is 22.8 Å². The van der Waals surface area contributed by atoms with Gasteiger partial charge in [0, 0.05) is 0 Å². The second kappa shape index (κ2) is 4.48. The van der Waals surface area contributed by atoms with Crippen LogP contribution in [0.3, 0.4) is 0 Å². The molecule has 1 aromatic carbocycles. The summed E-state index contributed by atoms with van der Waals surface area (Å²) >= 11 is 0.619. The van der Waals surface area contributed by atoms with Crippen molar-refractivity contribution in [2.24, 2.45) is 0 Å². The van der Waals surface area contributed by atoms with Gasteiger partial charge in [-0.3, -0.25) is 0 Å². The summed E-state index contributed by atoms with van der Waals surface area (Å²) in [6.45, 7) is -1.17. The molecule has 0 radical (unpaired) electrons. The summed E-state index contributed by atoms with van der Waals surface area (Å²) in [5.41, 5.74) is -0.310. The zero-order chi connectivity index (χ0) is 15.3. The maximum Gasteiger partial charge on any atom is 0.419 e. The molecule has 2 aromatic rings. The van der Waals surface area contributed by atoms with Gasteiger partial charge in [0.1, 0.15) is 0 Å². The van der Waals surface area contributed by atoms with Crippen molar-refractivity contribution in [1.29, 1.82) is 0 Å². The van der Waals surface area contributed by atoms with Crippen molar-refractivity contribution in [1.82, 2.24) is 4.98 Å². The fourth-order valence-electron chi connectivity index (χ4n) is 1.86. The summed E-state index contributed by atoms with van der Waals surface area (Å²) in [7, 11) is 0. The van der Waals surface area contributed by atoms with E-state index in [-0.39, 0.29) is 9.83 Å². The third-order valence-electron chi connectivity index (χ3n) is 2.52. The van der Waals surface area contributed by atoms with E-state index in [1.807, 2.05) is 0 Å². The van der Waals surface area contributed by atoms with Gasteiger partial charge in [-0.05, 0) is 11.6 Å². The zero-order valence-electron chi connectivity index (χ0n) is 9.43. The van der Waals surface area contributed by atoms with E-state index in [1.54, 1.807) is 0 Å². The smallest absolute Gasteiger partial charge is 0.392 e. The van der Waals surface area contributed by atoms with Crippen LogP contribution in [-0.4, -0.2) is 10.1 Å². The standard InChI is InChI=1S/C10H6F6N2OS/c11-9(12,13)5-3(2-19)1-4-7(18-8(17)20-4)6(5)10(14,15)16/h1,19H,2H2,(H2,17,18). The molecule has 0 atom stereocenters. The van der Waals surface area contributed by atoms with E-state index < -0.39 is 41.2 Å². The number of halogens is 6. The molecule has 3 N–H and O–H groups in total. The van der Waals surface area contributed by atoms with Crippen molar-refractivity contribution in [3.63, 3.8) is 0 Å². The third kappa shape index (κ3) is 2.40. The van der Waals surface area contributed by atoms with Gasteiger partial charge in [0.05, 0.1) is 28.0 Å². The van der Waals surface area contributed by atoms with Gasteiger partial charge in [-0.15, -0.1) is 0 Å². The van der Waals surface area contributed by atoms with E-state index in [0.29, 0.717) is 11.3 Å². The Kier molecular flexibility index (Phi) is 3.33. The molecule has 3 nitrogen and oxygen atoms in total. The van der Waals surface area contributed by atoms with Crippen molar-refractivity contribution in [2.45, 2.75) is 19.0 Å². The average Bonchev–Trinajstić information content (AvgIpc) is 2.63. The Morgan fingerprint density at radius 3 is 2.10 bits per heavy atom.